The molecule has 0 unspecified atom stereocenters. The van der Waals surface area contributed by atoms with Crippen molar-refractivity contribution in [2.24, 2.45) is 0 Å². The van der Waals surface area contributed by atoms with Crippen LogP contribution in [0, 0.1) is 36.5 Å². The minimum atomic E-state index is -0.950. The molecule has 0 bridgehead atoms. The molecule has 0 fully saturated rings. The van der Waals surface area contributed by atoms with E-state index in [1.54, 1.807) is 13.8 Å². The molecule has 0 aliphatic rings. The molecule has 70 valence electrons. The molecule has 14 heavy (non-hydrogen) atoms. The van der Waals surface area contributed by atoms with Crippen molar-refractivity contribution in [2.45, 2.75) is 19.8 Å². The van der Waals surface area contributed by atoms with Crippen LogP contribution in [0.2, 0.25) is 5.15 Å². The van der Waals surface area contributed by atoms with Crippen LogP contribution in [-0.2, 0) is 0 Å². The first-order chi connectivity index (χ1) is 6.60. The van der Waals surface area contributed by atoms with Crippen LogP contribution in [0.15, 0.2) is 0 Å². The first kappa shape index (κ1) is 10.4. The molecule has 0 atom stereocenters. The molecule has 0 aliphatic carbocycles. The Bertz CT molecular complexity index is 427. The van der Waals surface area contributed by atoms with Gasteiger partial charge in [0.05, 0.1) is 23.5 Å². The third-order valence-corrected chi connectivity index (χ3v) is 2.10. The lowest BCUT2D eigenvalue weighted by molar-refractivity contribution is 0.930. The second kappa shape index (κ2) is 4.04. The predicted molar refractivity (Wildman–Crippen MR) is 50.5 cm³/mol. The Balaban J connectivity index is 3.31. The fraction of sp³-hybridized carbons (Fsp3) is 0.333. The summed E-state index contributed by atoms with van der Waals surface area (Å²) in [5, 5.41) is 17.5. The molecule has 0 saturated carbocycles. The zero-order chi connectivity index (χ0) is 10.7. The number of halogens is 1. The fourth-order valence-corrected chi connectivity index (χ4v) is 1.21. The quantitative estimate of drug-likeness (QED) is 0.703. The molecular weight excluding hydrogens is 200 g/mol. The predicted octanol–water partition coefficient (Wildman–Crippen LogP) is 1.88. The highest BCUT2D eigenvalue weighted by Crippen LogP contribution is 2.21. The third-order valence-electron chi connectivity index (χ3n) is 1.82. The summed E-state index contributed by atoms with van der Waals surface area (Å²) in [6.07, 6.45) is 0. The Labute approximate surface area is 86.8 Å². The van der Waals surface area contributed by atoms with Gasteiger partial charge in [0.1, 0.15) is 5.69 Å². The molecule has 1 rings (SSSR count). The van der Waals surface area contributed by atoms with Gasteiger partial charge in [0.15, 0.2) is 11.1 Å². The van der Waals surface area contributed by atoms with Crippen molar-refractivity contribution in [3.05, 3.63) is 22.2 Å². The van der Waals surface area contributed by atoms with Gasteiger partial charge in [-0.25, -0.2) is 4.98 Å². The molecule has 1 heterocycles. The first-order valence-corrected chi connectivity index (χ1v) is 4.27. The van der Waals surface area contributed by atoms with Crippen LogP contribution in [0.4, 0.5) is 0 Å². The summed E-state index contributed by atoms with van der Waals surface area (Å²) < 4.78 is 0. The van der Waals surface area contributed by atoms with Gasteiger partial charge in [-0.3, -0.25) is 4.98 Å². The van der Waals surface area contributed by atoms with Crippen molar-refractivity contribution in [1.29, 1.82) is 10.5 Å². The van der Waals surface area contributed by atoms with Gasteiger partial charge in [-0.05, 0) is 13.8 Å². The maximum absolute atomic E-state index is 8.67. The van der Waals surface area contributed by atoms with Gasteiger partial charge in [0.25, 0.3) is 0 Å². The van der Waals surface area contributed by atoms with Crippen LogP contribution >= 0.6 is 11.6 Å². The van der Waals surface area contributed by atoms with E-state index in [4.69, 9.17) is 22.1 Å². The molecule has 0 aliphatic heterocycles. The van der Waals surface area contributed by atoms with E-state index in [0.29, 0.717) is 11.4 Å². The van der Waals surface area contributed by atoms with Crippen molar-refractivity contribution in [3.8, 4) is 12.1 Å². The van der Waals surface area contributed by atoms with E-state index in [0.717, 1.165) is 0 Å². The molecular formula is C9H7ClN4. The topological polar surface area (TPSA) is 73.4 Å². The number of aromatic nitrogens is 2. The summed E-state index contributed by atoms with van der Waals surface area (Å²) in [6, 6.07) is 3.61. The minimum absolute atomic E-state index is 0.126. The second-order valence-corrected chi connectivity index (χ2v) is 3.12. The van der Waals surface area contributed by atoms with Crippen LogP contribution in [0.1, 0.15) is 23.0 Å². The van der Waals surface area contributed by atoms with E-state index < -0.39 is 5.92 Å². The summed E-state index contributed by atoms with van der Waals surface area (Å²) in [5.41, 5.74) is 1.62. The molecule has 4 nitrogen and oxygen atoms in total. The summed E-state index contributed by atoms with van der Waals surface area (Å²) in [5.74, 6) is -0.950. The Hall–Kier alpha value is -1.65. The number of nitrogens with zero attached hydrogens (tertiary/aromatic N) is 4. The monoisotopic (exact) mass is 206 g/mol. The lowest BCUT2D eigenvalue weighted by atomic mass is 10.1. The largest absolute Gasteiger partial charge is 0.251 e. The summed E-state index contributed by atoms with van der Waals surface area (Å²) in [7, 11) is 0. The highest BCUT2D eigenvalue weighted by atomic mass is 35.5. The molecule has 0 radical (unpaired) electrons. The fourth-order valence-electron chi connectivity index (χ4n) is 0.928. The van der Waals surface area contributed by atoms with Crippen molar-refractivity contribution < 1.29 is 0 Å². The van der Waals surface area contributed by atoms with Gasteiger partial charge in [-0.2, -0.15) is 10.5 Å². The van der Waals surface area contributed by atoms with Crippen molar-refractivity contribution in [1.82, 2.24) is 9.97 Å². The Morgan fingerprint density at radius 1 is 1.14 bits per heavy atom. The van der Waals surface area contributed by atoms with Gasteiger partial charge in [-0.1, -0.05) is 11.6 Å². The smallest absolute Gasteiger partial charge is 0.178 e. The first-order valence-electron chi connectivity index (χ1n) is 3.90. The number of hydrogen-bond acceptors (Lipinski definition) is 4. The van der Waals surface area contributed by atoms with E-state index in [1.807, 2.05) is 12.1 Å². The summed E-state index contributed by atoms with van der Waals surface area (Å²) in [6.45, 7) is 3.53. The Morgan fingerprint density at radius 2 is 1.64 bits per heavy atom. The highest BCUT2D eigenvalue weighted by Gasteiger charge is 2.17. The second-order valence-electron chi connectivity index (χ2n) is 2.76. The molecule has 1 aromatic heterocycles. The maximum atomic E-state index is 8.67. The van der Waals surface area contributed by atoms with Crippen LogP contribution < -0.4 is 0 Å². The number of hydrogen-bond donors (Lipinski definition) is 0. The lowest BCUT2D eigenvalue weighted by Crippen LogP contribution is -2.03. The van der Waals surface area contributed by atoms with Crippen molar-refractivity contribution in [3.63, 3.8) is 0 Å². The van der Waals surface area contributed by atoms with E-state index in [-0.39, 0.29) is 10.8 Å². The molecule has 0 saturated heterocycles. The molecule has 0 N–H and O–H groups in total. The highest BCUT2D eigenvalue weighted by molar-refractivity contribution is 6.30. The molecule has 5 heteroatoms. The SMILES string of the molecule is Cc1nc(Cl)c(C(C#N)C#N)nc1C. The van der Waals surface area contributed by atoms with Crippen LogP contribution in [0.25, 0.3) is 0 Å². The molecule has 0 aromatic carbocycles. The van der Waals surface area contributed by atoms with E-state index >= 15 is 0 Å². The summed E-state index contributed by atoms with van der Waals surface area (Å²) >= 11 is 5.78. The zero-order valence-electron chi connectivity index (χ0n) is 7.74. The molecule has 0 spiro atoms. The van der Waals surface area contributed by atoms with Gasteiger partial charge in [0, 0.05) is 0 Å². The van der Waals surface area contributed by atoms with Crippen molar-refractivity contribution in [2.75, 3.05) is 0 Å². The Kier molecular flexibility index (Phi) is 3.01. The normalized spacial score (nSPS) is 9.57. The van der Waals surface area contributed by atoms with Crippen LogP contribution in [0.3, 0.4) is 0 Å². The third kappa shape index (κ3) is 1.81. The number of aryl methyl sites for hydroxylation is 2. The van der Waals surface area contributed by atoms with E-state index in [1.165, 1.54) is 0 Å². The van der Waals surface area contributed by atoms with Gasteiger partial charge in [0.2, 0.25) is 0 Å². The molecule has 0 amide bonds. The average molecular weight is 207 g/mol. The molecule has 1 aromatic rings. The standard InChI is InChI=1S/C9H7ClN4/c1-5-6(2)14-9(10)8(13-5)7(3-11)4-12/h7H,1-2H3. The number of nitriles is 2. The van der Waals surface area contributed by atoms with Crippen LogP contribution in [-0.4, -0.2) is 9.97 Å². The number of rotatable bonds is 1. The maximum Gasteiger partial charge on any atom is 0.178 e. The Morgan fingerprint density at radius 3 is 2.14 bits per heavy atom. The van der Waals surface area contributed by atoms with Gasteiger partial charge in [-0.15, -0.1) is 0 Å². The van der Waals surface area contributed by atoms with E-state index in [2.05, 4.69) is 9.97 Å². The summed E-state index contributed by atoms with van der Waals surface area (Å²) in [4.78, 5) is 8.07. The minimum Gasteiger partial charge on any atom is -0.251 e. The van der Waals surface area contributed by atoms with Crippen LogP contribution in [0.5, 0.6) is 0 Å². The van der Waals surface area contributed by atoms with Crippen molar-refractivity contribution >= 4 is 11.6 Å². The lowest BCUT2D eigenvalue weighted by Gasteiger charge is -2.05. The van der Waals surface area contributed by atoms with E-state index in [9.17, 15) is 0 Å². The zero-order valence-corrected chi connectivity index (χ0v) is 8.50. The van der Waals surface area contributed by atoms with Gasteiger partial charge >= 0.3 is 0 Å². The van der Waals surface area contributed by atoms with Gasteiger partial charge < -0.3 is 0 Å². The average Bonchev–Trinajstić information content (AvgIpc) is 2.15.